The van der Waals surface area contributed by atoms with Crippen molar-refractivity contribution in [2.45, 2.75) is 37.6 Å². The van der Waals surface area contributed by atoms with Gasteiger partial charge in [0.1, 0.15) is 12.3 Å². The molecule has 9 heteroatoms. The lowest BCUT2D eigenvalue weighted by Crippen LogP contribution is -2.40. The summed E-state index contributed by atoms with van der Waals surface area (Å²) in [5.74, 6) is 0.236. The van der Waals surface area contributed by atoms with Crippen molar-refractivity contribution in [1.29, 1.82) is 0 Å². The number of anilines is 2. The Kier molecular flexibility index (Phi) is 9.10. The molecule has 0 atom stereocenters. The van der Waals surface area contributed by atoms with Crippen molar-refractivity contribution in [3.05, 3.63) is 82.8 Å². The SMILES string of the molecule is CCOc1ccc(N(CC(=O)NCc2ccc(N3CCCCC3)cc2)S(=O)(=O)c2ccc(Br)cc2)cc1. The highest BCUT2D eigenvalue weighted by Gasteiger charge is 2.27. The highest BCUT2D eigenvalue weighted by Crippen LogP contribution is 2.27. The van der Waals surface area contributed by atoms with Crippen molar-refractivity contribution >= 4 is 43.2 Å². The molecule has 4 rings (SSSR count). The van der Waals surface area contributed by atoms with Crippen LogP contribution in [0.3, 0.4) is 0 Å². The number of halogens is 1. The minimum Gasteiger partial charge on any atom is -0.494 e. The predicted octanol–water partition coefficient (Wildman–Crippen LogP) is 5.35. The van der Waals surface area contributed by atoms with E-state index in [1.54, 1.807) is 36.4 Å². The summed E-state index contributed by atoms with van der Waals surface area (Å²) in [6.45, 7) is 4.49. The third kappa shape index (κ3) is 7.05. The van der Waals surface area contributed by atoms with E-state index >= 15 is 0 Å². The average Bonchev–Trinajstić information content (AvgIpc) is 2.92. The van der Waals surface area contributed by atoms with Crippen molar-refractivity contribution in [2.24, 2.45) is 0 Å². The van der Waals surface area contributed by atoms with Gasteiger partial charge < -0.3 is 15.0 Å². The zero-order valence-electron chi connectivity index (χ0n) is 20.9. The smallest absolute Gasteiger partial charge is 0.264 e. The molecular formula is C28H32BrN3O4S. The Labute approximate surface area is 227 Å². The number of nitrogens with one attached hydrogen (secondary N) is 1. The molecule has 196 valence electrons. The Morgan fingerprint density at radius 3 is 2.22 bits per heavy atom. The summed E-state index contributed by atoms with van der Waals surface area (Å²) in [4.78, 5) is 15.4. The minimum atomic E-state index is -3.99. The molecule has 1 heterocycles. The zero-order chi connectivity index (χ0) is 26.3. The van der Waals surface area contributed by atoms with Crippen LogP contribution in [0.5, 0.6) is 5.75 Å². The second kappa shape index (κ2) is 12.5. The van der Waals surface area contributed by atoms with Gasteiger partial charge in [0, 0.05) is 29.8 Å². The monoisotopic (exact) mass is 585 g/mol. The summed E-state index contributed by atoms with van der Waals surface area (Å²) in [7, 11) is -3.99. The molecule has 1 fully saturated rings. The second-order valence-electron chi connectivity index (χ2n) is 8.88. The number of piperidine rings is 1. The summed E-state index contributed by atoms with van der Waals surface area (Å²) in [6, 6.07) is 21.2. The normalized spacial score (nSPS) is 13.7. The third-order valence-corrected chi connectivity index (χ3v) is 8.59. The van der Waals surface area contributed by atoms with Crippen LogP contribution in [0.1, 0.15) is 31.7 Å². The molecule has 0 spiro atoms. The first-order valence-electron chi connectivity index (χ1n) is 12.5. The van der Waals surface area contributed by atoms with Gasteiger partial charge in [-0.3, -0.25) is 9.10 Å². The molecule has 1 aliphatic heterocycles. The van der Waals surface area contributed by atoms with E-state index in [0.717, 1.165) is 27.4 Å². The number of hydrogen-bond donors (Lipinski definition) is 1. The van der Waals surface area contributed by atoms with Gasteiger partial charge in [0.25, 0.3) is 10.0 Å². The Balaban J connectivity index is 1.47. The van der Waals surface area contributed by atoms with Gasteiger partial charge in [-0.15, -0.1) is 0 Å². The van der Waals surface area contributed by atoms with Crippen LogP contribution in [0.4, 0.5) is 11.4 Å². The van der Waals surface area contributed by atoms with Crippen LogP contribution in [-0.4, -0.2) is 40.6 Å². The molecule has 1 aliphatic rings. The van der Waals surface area contributed by atoms with Gasteiger partial charge in [0.2, 0.25) is 5.91 Å². The van der Waals surface area contributed by atoms with Crippen LogP contribution in [0, 0.1) is 0 Å². The largest absolute Gasteiger partial charge is 0.494 e. The molecule has 0 aliphatic carbocycles. The van der Waals surface area contributed by atoms with Gasteiger partial charge >= 0.3 is 0 Å². The van der Waals surface area contributed by atoms with Crippen molar-refractivity contribution in [3.8, 4) is 5.75 Å². The third-order valence-electron chi connectivity index (χ3n) is 6.27. The quantitative estimate of drug-likeness (QED) is 0.347. The summed E-state index contributed by atoms with van der Waals surface area (Å²) in [6.07, 6.45) is 3.71. The number of sulfonamides is 1. The first-order chi connectivity index (χ1) is 17.9. The first kappa shape index (κ1) is 27.0. The average molecular weight is 587 g/mol. The number of hydrogen-bond acceptors (Lipinski definition) is 5. The Morgan fingerprint density at radius 2 is 1.59 bits per heavy atom. The fourth-order valence-corrected chi connectivity index (χ4v) is 5.97. The van der Waals surface area contributed by atoms with E-state index in [4.69, 9.17) is 4.74 Å². The molecule has 0 aromatic heterocycles. The maximum absolute atomic E-state index is 13.5. The molecule has 1 N–H and O–H groups in total. The van der Waals surface area contributed by atoms with E-state index in [1.807, 2.05) is 19.1 Å². The van der Waals surface area contributed by atoms with Crippen molar-refractivity contribution in [1.82, 2.24) is 5.32 Å². The molecular weight excluding hydrogens is 554 g/mol. The number of benzene rings is 3. The van der Waals surface area contributed by atoms with Gasteiger partial charge in [0.15, 0.2) is 0 Å². The van der Waals surface area contributed by atoms with Crippen LogP contribution in [-0.2, 0) is 21.4 Å². The van der Waals surface area contributed by atoms with E-state index in [9.17, 15) is 13.2 Å². The summed E-state index contributed by atoms with van der Waals surface area (Å²) in [5, 5.41) is 2.87. The van der Waals surface area contributed by atoms with Crippen LogP contribution in [0.25, 0.3) is 0 Å². The van der Waals surface area contributed by atoms with Gasteiger partial charge in [-0.25, -0.2) is 8.42 Å². The molecule has 7 nitrogen and oxygen atoms in total. The lowest BCUT2D eigenvalue weighted by Gasteiger charge is -2.28. The maximum atomic E-state index is 13.5. The highest BCUT2D eigenvalue weighted by atomic mass is 79.9. The summed E-state index contributed by atoms with van der Waals surface area (Å²) < 4.78 is 34.5. The Morgan fingerprint density at radius 1 is 0.946 bits per heavy atom. The van der Waals surface area contributed by atoms with Crippen LogP contribution in [0.2, 0.25) is 0 Å². The van der Waals surface area contributed by atoms with Crippen LogP contribution < -0.4 is 19.3 Å². The fraction of sp³-hybridized carbons (Fsp3) is 0.321. The molecule has 3 aromatic carbocycles. The fourth-order valence-electron chi connectivity index (χ4n) is 4.29. The number of carbonyl (C=O) groups is 1. The Bertz CT molecular complexity index is 1270. The second-order valence-corrected chi connectivity index (χ2v) is 11.7. The molecule has 1 saturated heterocycles. The lowest BCUT2D eigenvalue weighted by molar-refractivity contribution is -0.119. The van der Waals surface area contributed by atoms with Gasteiger partial charge in [-0.1, -0.05) is 28.1 Å². The molecule has 3 aromatic rings. The standard InChI is InChI=1S/C28H32BrN3O4S/c1-2-36-26-14-12-25(13-15-26)32(37(34,35)27-16-8-23(29)9-17-27)21-28(33)30-20-22-6-10-24(11-7-22)31-18-4-3-5-19-31/h6-17H,2-5,18-21H2,1H3,(H,30,33). The predicted molar refractivity (Wildman–Crippen MR) is 151 cm³/mol. The number of ether oxygens (including phenoxy) is 1. The van der Waals surface area contributed by atoms with Crippen molar-refractivity contribution in [3.63, 3.8) is 0 Å². The molecule has 0 radical (unpaired) electrons. The van der Waals surface area contributed by atoms with E-state index < -0.39 is 15.9 Å². The van der Waals surface area contributed by atoms with Crippen LogP contribution in [0.15, 0.2) is 82.2 Å². The zero-order valence-corrected chi connectivity index (χ0v) is 23.3. The molecule has 0 unspecified atom stereocenters. The van der Waals surface area contributed by atoms with Crippen LogP contribution >= 0.6 is 15.9 Å². The first-order valence-corrected chi connectivity index (χ1v) is 14.7. The topological polar surface area (TPSA) is 79.0 Å². The van der Waals surface area contributed by atoms with E-state index in [0.29, 0.717) is 24.6 Å². The molecule has 0 bridgehead atoms. The van der Waals surface area contributed by atoms with Gasteiger partial charge in [-0.05, 0) is 92.4 Å². The number of rotatable bonds is 10. The molecule has 37 heavy (non-hydrogen) atoms. The highest BCUT2D eigenvalue weighted by molar-refractivity contribution is 9.10. The number of amides is 1. The maximum Gasteiger partial charge on any atom is 0.264 e. The molecule has 1 amide bonds. The van der Waals surface area contributed by atoms with E-state index in [2.05, 4.69) is 38.3 Å². The van der Waals surface area contributed by atoms with E-state index in [-0.39, 0.29) is 11.4 Å². The van der Waals surface area contributed by atoms with Gasteiger partial charge in [0.05, 0.1) is 17.2 Å². The number of nitrogens with zero attached hydrogens (tertiary/aromatic N) is 2. The van der Waals surface area contributed by atoms with E-state index in [1.165, 1.54) is 37.1 Å². The lowest BCUT2D eigenvalue weighted by atomic mass is 10.1. The minimum absolute atomic E-state index is 0.102. The van der Waals surface area contributed by atoms with Crippen molar-refractivity contribution < 1.29 is 17.9 Å². The van der Waals surface area contributed by atoms with Gasteiger partial charge in [-0.2, -0.15) is 0 Å². The Hall–Kier alpha value is -3.04. The number of carbonyl (C=O) groups excluding carboxylic acids is 1. The summed E-state index contributed by atoms with van der Waals surface area (Å²) in [5.41, 5.74) is 2.53. The summed E-state index contributed by atoms with van der Waals surface area (Å²) >= 11 is 3.34. The molecule has 0 saturated carbocycles. The van der Waals surface area contributed by atoms with Crippen molar-refractivity contribution in [2.75, 3.05) is 35.4 Å².